The van der Waals surface area contributed by atoms with Gasteiger partial charge in [0.2, 0.25) is 5.91 Å². The number of carbonyl (C=O) groups is 2. The predicted octanol–water partition coefficient (Wildman–Crippen LogP) is -0.477. The van der Waals surface area contributed by atoms with Crippen LogP contribution in [0.3, 0.4) is 0 Å². The summed E-state index contributed by atoms with van der Waals surface area (Å²) in [6, 6.07) is -0.590. The molecule has 0 bridgehead atoms. The smallest absolute Gasteiger partial charge is 0.327 e. The Hall–Kier alpha value is -1.79. The van der Waals surface area contributed by atoms with Crippen molar-refractivity contribution in [2.75, 3.05) is 20.1 Å². The molecule has 0 saturated carbocycles. The molecule has 2 fully saturated rings. The summed E-state index contributed by atoms with van der Waals surface area (Å²) in [6.45, 7) is 3.79. The lowest BCUT2D eigenvalue weighted by molar-refractivity contribution is -0.168. The Kier molecular flexibility index (Phi) is 4.52. The fraction of sp³-hybridized carbons (Fsp3) is 0.727. The number of likely N-dealkylation sites (tertiary alicyclic amines) is 2. The second-order valence-corrected chi connectivity index (χ2v) is 4.47. The van der Waals surface area contributed by atoms with Gasteiger partial charge in [0, 0.05) is 20.1 Å². The molecular formula is C11H20N4O3. The van der Waals surface area contributed by atoms with Gasteiger partial charge in [-0.15, -0.1) is 0 Å². The van der Waals surface area contributed by atoms with Crippen LogP contribution in [0, 0.1) is 11.3 Å². The van der Waals surface area contributed by atoms with Crippen molar-refractivity contribution in [1.82, 2.24) is 9.80 Å². The Morgan fingerprint density at radius 2 is 2.11 bits per heavy atom. The minimum absolute atomic E-state index is 0.0556. The third kappa shape index (κ3) is 2.72. The first-order valence-corrected chi connectivity index (χ1v) is 5.98. The summed E-state index contributed by atoms with van der Waals surface area (Å²) >= 11 is 0. The van der Waals surface area contributed by atoms with Gasteiger partial charge >= 0.3 is 5.97 Å². The highest BCUT2D eigenvalue weighted by Gasteiger charge is 2.48. The van der Waals surface area contributed by atoms with Crippen molar-refractivity contribution in [1.29, 1.82) is 5.41 Å². The van der Waals surface area contributed by atoms with Crippen molar-refractivity contribution in [2.45, 2.75) is 25.8 Å². The number of aliphatic carboxylic acids is 1. The molecule has 0 aromatic heterocycles. The van der Waals surface area contributed by atoms with E-state index in [9.17, 15) is 9.59 Å². The average Bonchev–Trinajstić information content (AvgIpc) is 2.21. The maximum Gasteiger partial charge on any atom is 0.327 e. The second kappa shape index (κ2) is 5.70. The molecule has 0 spiro atoms. The van der Waals surface area contributed by atoms with Crippen LogP contribution in [-0.2, 0) is 9.59 Å². The van der Waals surface area contributed by atoms with E-state index in [4.69, 9.17) is 16.2 Å². The number of nitrogens with one attached hydrogen (secondary N) is 1. The van der Waals surface area contributed by atoms with Gasteiger partial charge in [-0.05, 0) is 12.8 Å². The highest BCUT2D eigenvalue weighted by molar-refractivity contribution is 5.96. The normalized spacial score (nSPS) is 25.6. The number of carbonyl (C=O) groups excluding carboxylic acids is 1. The Bertz CT molecular complexity index is 354. The quantitative estimate of drug-likeness (QED) is 0.351. The predicted molar refractivity (Wildman–Crippen MR) is 66.1 cm³/mol. The van der Waals surface area contributed by atoms with Gasteiger partial charge in [0.05, 0.1) is 5.92 Å². The summed E-state index contributed by atoms with van der Waals surface area (Å²) < 4.78 is 0. The van der Waals surface area contributed by atoms with Gasteiger partial charge in [-0.1, -0.05) is 6.92 Å². The molecule has 2 saturated heterocycles. The van der Waals surface area contributed by atoms with Crippen molar-refractivity contribution < 1.29 is 14.7 Å². The SMILES string of the molecule is CCC1C(=O)N(C)C1C(=O)O.N=C(N)N1CCC1. The van der Waals surface area contributed by atoms with E-state index in [0.29, 0.717) is 6.42 Å². The van der Waals surface area contributed by atoms with E-state index in [1.54, 1.807) is 0 Å². The number of hydrogen-bond donors (Lipinski definition) is 3. The number of hydrogen-bond acceptors (Lipinski definition) is 3. The maximum atomic E-state index is 11.0. The maximum absolute atomic E-state index is 11.0. The highest BCUT2D eigenvalue weighted by atomic mass is 16.4. The van der Waals surface area contributed by atoms with Crippen LogP contribution in [0.1, 0.15) is 19.8 Å². The van der Waals surface area contributed by atoms with E-state index in [2.05, 4.69) is 0 Å². The first-order valence-electron chi connectivity index (χ1n) is 5.98. The number of likely N-dealkylation sites (N-methyl/N-ethyl adjacent to an activating group) is 1. The van der Waals surface area contributed by atoms with Crippen LogP contribution in [-0.4, -0.2) is 58.9 Å². The number of nitrogens with two attached hydrogens (primary N) is 1. The number of guanidine groups is 1. The standard InChI is InChI=1S/C7H11NO3.C4H9N3/c1-3-4-5(7(10)11)8(2)6(4)9;5-4(6)7-2-1-3-7/h4-5H,3H2,1-2H3,(H,10,11);1-3H2,(H3,5,6). The van der Waals surface area contributed by atoms with Crippen LogP contribution in [0.25, 0.3) is 0 Å². The van der Waals surface area contributed by atoms with Crippen LogP contribution < -0.4 is 5.73 Å². The van der Waals surface area contributed by atoms with Crippen molar-refractivity contribution in [3.05, 3.63) is 0 Å². The summed E-state index contributed by atoms with van der Waals surface area (Å²) in [5.74, 6) is -1.04. The van der Waals surface area contributed by atoms with Gasteiger partial charge in [-0.25, -0.2) is 4.79 Å². The Morgan fingerprint density at radius 1 is 1.56 bits per heavy atom. The number of amides is 1. The minimum Gasteiger partial charge on any atom is -0.480 e. The van der Waals surface area contributed by atoms with Gasteiger partial charge in [0.1, 0.15) is 6.04 Å². The average molecular weight is 256 g/mol. The van der Waals surface area contributed by atoms with Crippen molar-refractivity contribution in [2.24, 2.45) is 11.7 Å². The number of carboxylic acid groups (broad SMARTS) is 1. The molecule has 0 aromatic rings. The number of nitrogens with zero attached hydrogens (tertiary/aromatic N) is 2. The van der Waals surface area contributed by atoms with Gasteiger partial charge in [-0.2, -0.15) is 0 Å². The van der Waals surface area contributed by atoms with Gasteiger partial charge in [0.25, 0.3) is 0 Å². The number of rotatable bonds is 2. The monoisotopic (exact) mass is 256 g/mol. The Morgan fingerprint density at radius 3 is 2.28 bits per heavy atom. The van der Waals surface area contributed by atoms with Gasteiger partial charge in [0.15, 0.2) is 5.96 Å². The second-order valence-electron chi connectivity index (χ2n) is 4.47. The first kappa shape index (κ1) is 14.3. The van der Waals surface area contributed by atoms with Gasteiger partial charge < -0.3 is 20.6 Å². The topological polar surface area (TPSA) is 111 Å². The van der Waals surface area contributed by atoms with E-state index in [-0.39, 0.29) is 17.8 Å². The summed E-state index contributed by atoms with van der Waals surface area (Å²) in [7, 11) is 1.52. The molecule has 7 heteroatoms. The van der Waals surface area contributed by atoms with E-state index in [1.165, 1.54) is 18.4 Å². The number of carboxylic acids is 1. The lowest BCUT2D eigenvalue weighted by atomic mass is 9.86. The molecule has 1 amide bonds. The zero-order chi connectivity index (χ0) is 13.9. The molecule has 4 N–H and O–H groups in total. The fourth-order valence-electron chi connectivity index (χ4n) is 2.01. The molecule has 0 aromatic carbocycles. The van der Waals surface area contributed by atoms with Gasteiger partial charge in [-0.3, -0.25) is 10.2 Å². The largest absolute Gasteiger partial charge is 0.480 e. The molecule has 18 heavy (non-hydrogen) atoms. The molecule has 2 heterocycles. The van der Waals surface area contributed by atoms with Crippen LogP contribution in [0.5, 0.6) is 0 Å². The van der Waals surface area contributed by atoms with E-state index in [0.717, 1.165) is 13.1 Å². The first-order chi connectivity index (χ1) is 8.40. The molecule has 2 atom stereocenters. The molecule has 7 nitrogen and oxygen atoms in total. The van der Waals surface area contributed by atoms with Crippen molar-refractivity contribution in [3.8, 4) is 0 Å². The Balaban J connectivity index is 0.000000199. The lowest BCUT2D eigenvalue weighted by Gasteiger charge is -2.41. The Labute approximate surface area is 106 Å². The molecular weight excluding hydrogens is 236 g/mol. The van der Waals surface area contributed by atoms with Crippen LogP contribution in [0.15, 0.2) is 0 Å². The summed E-state index contributed by atoms with van der Waals surface area (Å²) in [4.78, 5) is 24.6. The molecule has 0 aliphatic carbocycles. The van der Waals surface area contributed by atoms with Crippen LogP contribution in [0.2, 0.25) is 0 Å². The van der Waals surface area contributed by atoms with E-state index < -0.39 is 12.0 Å². The van der Waals surface area contributed by atoms with E-state index >= 15 is 0 Å². The van der Waals surface area contributed by atoms with Crippen LogP contribution in [0.4, 0.5) is 0 Å². The van der Waals surface area contributed by atoms with Crippen LogP contribution >= 0.6 is 0 Å². The van der Waals surface area contributed by atoms with E-state index in [1.807, 2.05) is 11.8 Å². The summed E-state index contributed by atoms with van der Waals surface area (Å²) in [5, 5.41) is 15.5. The summed E-state index contributed by atoms with van der Waals surface area (Å²) in [5.41, 5.74) is 5.11. The molecule has 2 aliphatic rings. The molecule has 102 valence electrons. The third-order valence-electron chi connectivity index (χ3n) is 3.35. The highest BCUT2D eigenvalue weighted by Crippen LogP contribution is 2.27. The molecule has 2 rings (SSSR count). The molecule has 2 unspecified atom stereocenters. The zero-order valence-corrected chi connectivity index (χ0v) is 10.7. The summed E-state index contributed by atoms with van der Waals surface area (Å²) in [6.07, 6.45) is 1.81. The lowest BCUT2D eigenvalue weighted by Crippen LogP contribution is -2.62. The molecule has 0 radical (unpaired) electrons. The fourth-order valence-corrected chi connectivity index (χ4v) is 2.01. The van der Waals surface area contributed by atoms with Crippen molar-refractivity contribution >= 4 is 17.8 Å². The van der Waals surface area contributed by atoms with Crippen molar-refractivity contribution in [3.63, 3.8) is 0 Å². The number of β-lactam (4-membered cyclic amide) rings is 1. The molecule has 2 aliphatic heterocycles. The third-order valence-corrected chi connectivity index (χ3v) is 3.35. The zero-order valence-electron chi connectivity index (χ0n) is 10.7. The minimum atomic E-state index is -0.904.